The molecule has 0 radical (unpaired) electrons. The Hall–Kier alpha value is -1.35. The summed E-state index contributed by atoms with van der Waals surface area (Å²) in [7, 11) is 0. The minimum absolute atomic E-state index is 0.0327. The van der Waals surface area contributed by atoms with Gasteiger partial charge in [-0.3, -0.25) is 4.79 Å². The molecule has 1 amide bonds. The molecule has 0 saturated carbocycles. The van der Waals surface area contributed by atoms with Gasteiger partial charge >= 0.3 is 0 Å². The van der Waals surface area contributed by atoms with Crippen molar-refractivity contribution >= 4 is 5.91 Å². The van der Waals surface area contributed by atoms with Crippen LogP contribution in [0.5, 0.6) is 0 Å². The average molecular weight is 232 g/mol. The summed E-state index contributed by atoms with van der Waals surface area (Å²) in [6.07, 6.45) is 2.25. The molecule has 0 unspecified atom stereocenters. The van der Waals surface area contributed by atoms with Crippen molar-refractivity contribution in [2.75, 3.05) is 19.6 Å². The van der Waals surface area contributed by atoms with Gasteiger partial charge in [0.1, 0.15) is 0 Å². The molecule has 1 aromatic rings. The number of carbonyl (C=O) groups excluding carboxylic acids is 1. The largest absolute Gasteiger partial charge is 0.351 e. The smallest absolute Gasteiger partial charge is 0.251 e. The Kier molecular flexibility index (Phi) is 3.79. The van der Waals surface area contributed by atoms with E-state index in [4.69, 9.17) is 0 Å². The van der Waals surface area contributed by atoms with E-state index in [2.05, 4.69) is 17.6 Å². The first-order valence-corrected chi connectivity index (χ1v) is 6.24. The molecule has 1 heterocycles. The highest BCUT2D eigenvalue weighted by Gasteiger charge is 2.26. The second kappa shape index (κ2) is 5.32. The van der Waals surface area contributed by atoms with E-state index in [1.807, 2.05) is 30.3 Å². The molecule has 1 aromatic carbocycles. The molecule has 0 atom stereocenters. The Morgan fingerprint density at radius 3 is 2.59 bits per heavy atom. The van der Waals surface area contributed by atoms with Crippen LogP contribution in [0.2, 0.25) is 0 Å². The zero-order valence-corrected chi connectivity index (χ0v) is 10.3. The third-order valence-electron chi connectivity index (χ3n) is 3.52. The van der Waals surface area contributed by atoms with Gasteiger partial charge in [-0.1, -0.05) is 25.1 Å². The number of nitrogens with one attached hydrogen (secondary N) is 2. The highest BCUT2D eigenvalue weighted by atomic mass is 16.1. The van der Waals surface area contributed by atoms with Crippen LogP contribution < -0.4 is 10.6 Å². The summed E-state index contributed by atoms with van der Waals surface area (Å²) >= 11 is 0. The second-order valence-corrected chi connectivity index (χ2v) is 5.11. The summed E-state index contributed by atoms with van der Waals surface area (Å²) in [5.41, 5.74) is 0.986. The molecule has 1 aliphatic rings. The Balaban J connectivity index is 1.87. The van der Waals surface area contributed by atoms with E-state index in [1.165, 1.54) is 0 Å². The van der Waals surface area contributed by atoms with Crippen LogP contribution in [0.25, 0.3) is 0 Å². The fourth-order valence-electron chi connectivity index (χ4n) is 2.19. The molecule has 0 spiro atoms. The lowest BCUT2D eigenvalue weighted by Gasteiger charge is -2.34. The number of benzene rings is 1. The van der Waals surface area contributed by atoms with E-state index in [9.17, 15) is 4.79 Å². The van der Waals surface area contributed by atoms with Gasteiger partial charge in [0.2, 0.25) is 0 Å². The zero-order valence-electron chi connectivity index (χ0n) is 10.3. The van der Waals surface area contributed by atoms with Crippen LogP contribution in [-0.2, 0) is 0 Å². The third-order valence-corrected chi connectivity index (χ3v) is 3.52. The topological polar surface area (TPSA) is 41.1 Å². The maximum absolute atomic E-state index is 11.9. The molecule has 3 heteroatoms. The predicted molar refractivity (Wildman–Crippen MR) is 69.0 cm³/mol. The summed E-state index contributed by atoms with van der Waals surface area (Å²) in [4.78, 5) is 11.9. The summed E-state index contributed by atoms with van der Waals surface area (Å²) in [5, 5.41) is 6.39. The third kappa shape index (κ3) is 3.30. The van der Waals surface area contributed by atoms with Gasteiger partial charge in [-0.05, 0) is 43.5 Å². The fourth-order valence-corrected chi connectivity index (χ4v) is 2.19. The number of hydrogen-bond acceptors (Lipinski definition) is 2. The van der Waals surface area contributed by atoms with E-state index < -0.39 is 0 Å². The molecule has 2 N–H and O–H groups in total. The molecule has 1 aliphatic heterocycles. The van der Waals surface area contributed by atoms with Crippen molar-refractivity contribution in [3.63, 3.8) is 0 Å². The van der Waals surface area contributed by atoms with Crippen molar-refractivity contribution in [2.24, 2.45) is 5.41 Å². The van der Waals surface area contributed by atoms with Gasteiger partial charge < -0.3 is 10.6 Å². The number of amides is 1. The number of carbonyl (C=O) groups is 1. The molecule has 1 fully saturated rings. The van der Waals surface area contributed by atoms with E-state index in [-0.39, 0.29) is 11.3 Å². The zero-order chi connectivity index (χ0) is 12.1. The lowest BCUT2D eigenvalue weighted by atomic mass is 9.81. The lowest BCUT2D eigenvalue weighted by Crippen LogP contribution is -2.42. The van der Waals surface area contributed by atoms with Crippen molar-refractivity contribution in [3.8, 4) is 0 Å². The van der Waals surface area contributed by atoms with Crippen molar-refractivity contribution in [3.05, 3.63) is 35.9 Å². The highest BCUT2D eigenvalue weighted by Crippen LogP contribution is 2.26. The first kappa shape index (κ1) is 12.1. The summed E-state index contributed by atoms with van der Waals surface area (Å²) in [6.45, 7) is 5.12. The normalized spacial score (nSPS) is 18.6. The van der Waals surface area contributed by atoms with E-state index in [1.54, 1.807) is 0 Å². The highest BCUT2D eigenvalue weighted by molar-refractivity contribution is 5.94. The van der Waals surface area contributed by atoms with Crippen molar-refractivity contribution < 1.29 is 4.79 Å². The van der Waals surface area contributed by atoms with Crippen LogP contribution in [0.15, 0.2) is 30.3 Å². The first-order chi connectivity index (χ1) is 8.20. The molecule has 0 aliphatic carbocycles. The van der Waals surface area contributed by atoms with Crippen molar-refractivity contribution in [1.29, 1.82) is 0 Å². The van der Waals surface area contributed by atoms with Gasteiger partial charge in [0.05, 0.1) is 0 Å². The van der Waals surface area contributed by atoms with Crippen LogP contribution in [0.1, 0.15) is 30.1 Å². The predicted octanol–water partition coefficient (Wildman–Crippen LogP) is 1.81. The molecule has 0 bridgehead atoms. The minimum atomic E-state index is 0.0327. The lowest BCUT2D eigenvalue weighted by molar-refractivity contribution is 0.0922. The van der Waals surface area contributed by atoms with Gasteiger partial charge in [-0.25, -0.2) is 0 Å². The SMILES string of the molecule is CC1(CNC(=O)c2ccccc2)CCNCC1. The summed E-state index contributed by atoms with van der Waals surface area (Å²) in [5.74, 6) is 0.0327. The van der Waals surface area contributed by atoms with Crippen LogP contribution in [0.3, 0.4) is 0 Å². The molecule has 0 aromatic heterocycles. The average Bonchev–Trinajstić information content (AvgIpc) is 2.38. The Bertz CT molecular complexity index is 369. The first-order valence-electron chi connectivity index (χ1n) is 6.24. The second-order valence-electron chi connectivity index (χ2n) is 5.11. The molecule has 3 nitrogen and oxygen atoms in total. The van der Waals surface area contributed by atoms with Gasteiger partial charge in [-0.15, -0.1) is 0 Å². The number of rotatable bonds is 3. The monoisotopic (exact) mass is 232 g/mol. The molecular weight excluding hydrogens is 212 g/mol. The van der Waals surface area contributed by atoms with Gasteiger partial charge in [0, 0.05) is 12.1 Å². The van der Waals surface area contributed by atoms with Crippen molar-refractivity contribution in [1.82, 2.24) is 10.6 Å². The molecule has 1 saturated heterocycles. The van der Waals surface area contributed by atoms with Gasteiger partial charge in [0.25, 0.3) is 5.91 Å². The summed E-state index contributed by atoms with van der Waals surface area (Å²) < 4.78 is 0. The van der Waals surface area contributed by atoms with E-state index in [0.717, 1.165) is 38.0 Å². The number of hydrogen-bond donors (Lipinski definition) is 2. The number of piperidine rings is 1. The standard InChI is InChI=1S/C14H20N2O/c1-14(7-9-15-10-8-14)11-16-13(17)12-5-3-2-4-6-12/h2-6,15H,7-11H2,1H3,(H,16,17). The van der Waals surface area contributed by atoms with Crippen LogP contribution in [0.4, 0.5) is 0 Å². The fraction of sp³-hybridized carbons (Fsp3) is 0.500. The van der Waals surface area contributed by atoms with E-state index in [0.29, 0.717) is 0 Å². The van der Waals surface area contributed by atoms with Gasteiger partial charge in [-0.2, -0.15) is 0 Å². The van der Waals surface area contributed by atoms with Gasteiger partial charge in [0.15, 0.2) is 0 Å². The minimum Gasteiger partial charge on any atom is -0.351 e. The van der Waals surface area contributed by atoms with Crippen LogP contribution in [-0.4, -0.2) is 25.5 Å². The molecular formula is C14H20N2O. The maximum atomic E-state index is 11.9. The quantitative estimate of drug-likeness (QED) is 0.834. The summed E-state index contributed by atoms with van der Waals surface area (Å²) in [6, 6.07) is 9.40. The van der Waals surface area contributed by atoms with Crippen molar-refractivity contribution in [2.45, 2.75) is 19.8 Å². The maximum Gasteiger partial charge on any atom is 0.251 e. The Morgan fingerprint density at radius 1 is 1.29 bits per heavy atom. The van der Waals surface area contributed by atoms with Crippen LogP contribution >= 0.6 is 0 Å². The molecule has 92 valence electrons. The van der Waals surface area contributed by atoms with E-state index >= 15 is 0 Å². The van der Waals surface area contributed by atoms with Crippen LogP contribution in [0, 0.1) is 5.41 Å². The molecule has 17 heavy (non-hydrogen) atoms. The molecule has 2 rings (SSSR count). The Labute approximate surface area is 103 Å². The Morgan fingerprint density at radius 2 is 1.94 bits per heavy atom.